The Morgan fingerprint density at radius 2 is 1.58 bits per heavy atom. The second-order valence-corrected chi connectivity index (χ2v) is 6.80. The molecule has 0 N–H and O–H groups in total. The largest absolute Gasteiger partial charge is 0.272 e. The minimum atomic E-state index is -0.197. The van der Waals surface area contributed by atoms with Crippen LogP contribution < -0.4 is 0 Å². The van der Waals surface area contributed by atoms with Gasteiger partial charge in [0.25, 0.3) is 11.8 Å². The average Bonchev–Trinajstić information content (AvgIpc) is 3.28. The lowest BCUT2D eigenvalue weighted by molar-refractivity contribution is -0.140. The van der Waals surface area contributed by atoms with E-state index in [0.717, 1.165) is 27.8 Å². The van der Waals surface area contributed by atoms with Gasteiger partial charge < -0.3 is 0 Å². The zero-order valence-electron chi connectivity index (χ0n) is 13.0. The first-order chi connectivity index (χ1) is 11.7. The van der Waals surface area contributed by atoms with Gasteiger partial charge in [0.2, 0.25) is 0 Å². The molecular weight excluding hydrogens is 300 g/mol. The van der Waals surface area contributed by atoms with Crippen molar-refractivity contribution < 1.29 is 9.59 Å². The molecular formula is C20H16N2O2. The van der Waals surface area contributed by atoms with Gasteiger partial charge in [0.1, 0.15) is 0 Å². The van der Waals surface area contributed by atoms with Crippen LogP contribution in [0.15, 0.2) is 59.7 Å². The molecule has 0 spiro atoms. The minimum Gasteiger partial charge on any atom is -0.272 e. The summed E-state index contributed by atoms with van der Waals surface area (Å²) >= 11 is 0. The molecule has 2 aliphatic carbocycles. The Morgan fingerprint density at radius 3 is 2.33 bits per heavy atom. The highest BCUT2D eigenvalue weighted by Gasteiger charge is 2.59. The van der Waals surface area contributed by atoms with Crippen molar-refractivity contribution in [1.29, 1.82) is 0 Å². The van der Waals surface area contributed by atoms with E-state index < -0.39 is 0 Å². The maximum atomic E-state index is 12.6. The Morgan fingerprint density at radius 1 is 0.917 bits per heavy atom. The van der Waals surface area contributed by atoms with Gasteiger partial charge in [-0.2, -0.15) is 10.1 Å². The van der Waals surface area contributed by atoms with Crippen LogP contribution in [0.2, 0.25) is 0 Å². The molecule has 2 amide bonds. The first-order valence-electron chi connectivity index (χ1n) is 8.32. The molecule has 4 heteroatoms. The molecule has 118 valence electrons. The predicted octanol–water partition coefficient (Wildman–Crippen LogP) is 2.98. The summed E-state index contributed by atoms with van der Waals surface area (Å²) in [5.74, 6) is -0.241. The average molecular weight is 316 g/mol. The summed E-state index contributed by atoms with van der Waals surface area (Å²) in [6.45, 7) is 0. The van der Waals surface area contributed by atoms with Crippen LogP contribution in [0.5, 0.6) is 0 Å². The monoisotopic (exact) mass is 316 g/mol. The van der Waals surface area contributed by atoms with E-state index in [1.807, 2.05) is 42.5 Å². The number of fused-ring (bicyclic) bond motifs is 6. The van der Waals surface area contributed by atoms with Gasteiger partial charge in [-0.05, 0) is 29.0 Å². The van der Waals surface area contributed by atoms with E-state index in [-0.39, 0.29) is 35.5 Å². The zero-order valence-corrected chi connectivity index (χ0v) is 13.0. The molecule has 1 aliphatic heterocycles. The van der Waals surface area contributed by atoms with E-state index >= 15 is 0 Å². The fraction of sp³-hybridized carbons (Fsp3) is 0.250. The molecule has 4 atom stereocenters. The molecule has 2 bridgehead atoms. The highest BCUT2D eigenvalue weighted by molar-refractivity contribution is 6.07. The molecule has 2 aromatic carbocycles. The van der Waals surface area contributed by atoms with Crippen molar-refractivity contribution in [2.24, 2.45) is 28.8 Å². The van der Waals surface area contributed by atoms with Crippen molar-refractivity contribution in [2.45, 2.75) is 6.42 Å². The normalized spacial score (nSPS) is 30.9. The number of hydrogen-bond donors (Lipinski definition) is 0. The molecule has 1 saturated carbocycles. The number of nitrogens with zero attached hydrogens (tertiary/aromatic N) is 2. The molecule has 1 saturated heterocycles. The summed E-state index contributed by atoms with van der Waals surface area (Å²) in [4.78, 5) is 25.3. The first-order valence-corrected chi connectivity index (χ1v) is 8.32. The van der Waals surface area contributed by atoms with Crippen molar-refractivity contribution in [3.8, 4) is 0 Å². The third kappa shape index (κ3) is 1.77. The van der Waals surface area contributed by atoms with E-state index in [2.05, 4.69) is 17.3 Å². The lowest BCUT2D eigenvalue weighted by Gasteiger charge is -2.13. The molecule has 24 heavy (non-hydrogen) atoms. The van der Waals surface area contributed by atoms with Crippen molar-refractivity contribution in [2.75, 3.05) is 0 Å². The Balaban J connectivity index is 1.49. The van der Waals surface area contributed by atoms with Crippen LogP contribution in [0.3, 0.4) is 0 Å². The highest BCUT2D eigenvalue weighted by atomic mass is 16.2. The van der Waals surface area contributed by atoms with Gasteiger partial charge in [-0.1, -0.05) is 54.6 Å². The summed E-state index contributed by atoms with van der Waals surface area (Å²) < 4.78 is 0. The fourth-order valence-electron chi connectivity index (χ4n) is 4.48. The third-order valence-corrected chi connectivity index (χ3v) is 5.58. The lowest BCUT2D eigenvalue weighted by Crippen LogP contribution is -2.28. The van der Waals surface area contributed by atoms with Gasteiger partial charge in [0.15, 0.2) is 0 Å². The number of carbonyl (C=O) groups is 2. The van der Waals surface area contributed by atoms with Crippen molar-refractivity contribution in [1.82, 2.24) is 5.01 Å². The van der Waals surface area contributed by atoms with Crippen molar-refractivity contribution in [3.63, 3.8) is 0 Å². The summed E-state index contributed by atoms with van der Waals surface area (Å²) in [5, 5.41) is 7.54. The summed E-state index contributed by atoms with van der Waals surface area (Å²) in [5.41, 5.74) is 0.909. The number of benzene rings is 2. The van der Waals surface area contributed by atoms with Gasteiger partial charge in [0, 0.05) is 5.56 Å². The molecule has 0 radical (unpaired) electrons. The third-order valence-electron chi connectivity index (χ3n) is 5.58. The van der Waals surface area contributed by atoms with E-state index in [9.17, 15) is 9.59 Å². The van der Waals surface area contributed by atoms with Gasteiger partial charge in [-0.3, -0.25) is 9.59 Å². The van der Waals surface area contributed by atoms with Gasteiger partial charge in [-0.25, -0.2) is 0 Å². The Labute approximate surface area is 139 Å². The number of carbonyl (C=O) groups excluding carboxylic acids is 2. The standard InChI is InChI=1S/C20H16N2O2/c23-19-17-13-8-9-14(10-13)18(17)20(24)22(19)21-11-15-6-3-5-12-4-1-2-7-16(12)15/h1-9,11,13-14,17-18H,10H2/b21-11-/t13-,14-,17-,18+/m0/s1. The summed E-state index contributed by atoms with van der Waals surface area (Å²) in [6, 6.07) is 13.9. The summed E-state index contributed by atoms with van der Waals surface area (Å²) in [6.07, 6.45) is 6.76. The molecule has 2 aromatic rings. The topological polar surface area (TPSA) is 49.7 Å². The molecule has 0 aromatic heterocycles. The number of imide groups is 1. The smallest absolute Gasteiger partial charge is 0.254 e. The maximum absolute atomic E-state index is 12.6. The summed E-state index contributed by atoms with van der Waals surface area (Å²) in [7, 11) is 0. The SMILES string of the molecule is O=C1[C@@H]2[C@H](C(=O)N1/N=C\c1cccc3ccccc13)[C@H]1C=C[C@H]2C1. The molecule has 0 unspecified atom stereocenters. The van der Waals surface area contributed by atoms with E-state index in [1.54, 1.807) is 6.21 Å². The van der Waals surface area contributed by atoms with Crippen molar-refractivity contribution >= 4 is 28.8 Å². The number of allylic oxidation sites excluding steroid dienone is 2. The fourth-order valence-corrected chi connectivity index (χ4v) is 4.48. The zero-order chi connectivity index (χ0) is 16.3. The lowest BCUT2D eigenvalue weighted by atomic mass is 9.85. The van der Waals surface area contributed by atoms with Crippen LogP contribution in [-0.2, 0) is 9.59 Å². The Hall–Kier alpha value is -2.75. The minimum absolute atomic E-state index is 0.140. The van der Waals surface area contributed by atoms with Gasteiger partial charge >= 0.3 is 0 Å². The second kappa shape index (κ2) is 4.87. The molecule has 2 fully saturated rings. The molecule has 1 heterocycles. The molecule has 5 rings (SSSR count). The highest BCUT2D eigenvalue weighted by Crippen LogP contribution is 2.52. The van der Waals surface area contributed by atoms with Gasteiger partial charge in [0.05, 0.1) is 18.1 Å². The number of hydrazone groups is 1. The van der Waals surface area contributed by atoms with E-state index in [1.165, 1.54) is 0 Å². The second-order valence-electron chi connectivity index (χ2n) is 6.80. The van der Waals surface area contributed by atoms with Crippen LogP contribution >= 0.6 is 0 Å². The van der Waals surface area contributed by atoms with Crippen LogP contribution in [0, 0.1) is 23.7 Å². The van der Waals surface area contributed by atoms with Crippen molar-refractivity contribution in [3.05, 3.63) is 60.2 Å². The number of rotatable bonds is 2. The van der Waals surface area contributed by atoms with E-state index in [4.69, 9.17) is 0 Å². The first kappa shape index (κ1) is 13.7. The number of amides is 2. The molecule has 4 nitrogen and oxygen atoms in total. The Kier molecular flexibility index (Phi) is 2.77. The maximum Gasteiger partial charge on any atom is 0.254 e. The van der Waals surface area contributed by atoms with Crippen LogP contribution in [-0.4, -0.2) is 23.0 Å². The van der Waals surface area contributed by atoms with Crippen LogP contribution in [0.1, 0.15) is 12.0 Å². The predicted molar refractivity (Wildman–Crippen MR) is 91.1 cm³/mol. The van der Waals surface area contributed by atoms with E-state index in [0.29, 0.717) is 0 Å². The number of hydrogen-bond acceptors (Lipinski definition) is 3. The quantitative estimate of drug-likeness (QED) is 0.486. The molecule has 3 aliphatic rings. The van der Waals surface area contributed by atoms with Crippen LogP contribution in [0.25, 0.3) is 10.8 Å². The van der Waals surface area contributed by atoms with Crippen LogP contribution in [0.4, 0.5) is 0 Å². The Bertz CT molecular complexity index is 895. The van der Waals surface area contributed by atoms with Gasteiger partial charge in [-0.15, -0.1) is 0 Å².